The molecule has 0 radical (unpaired) electrons. The molecule has 0 nitrogen and oxygen atoms in total. The van der Waals surface area contributed by atoms with E-state index in [0.29, 0.717) is 0 Å². The van der Waals surface area contributed by atoms with Gasteiger partial charge in [0.05, 0.1) is 0 Å². The molecule has 0 heterocycles. The average molecular weight is 519 g/mol. The molecular weight excluding hydrogens is 484 g/mol. The summed E-state index contributed by atoms with van der Waals surface area (Å²) in [4.78, 5) is 0. The number of rotatable bonds is 5. The molecular formula is C34H34SiTi. The molecule has 0 N–H and O–H groups in total. The Morgan fingerprint density at radius 3 is 1.89 bits per heavy atom. The number of benzene rings is 4. The van der Waals surface area contributed by atoms with Crippen molar-refractivity contribution < 1.29 is 16.6 Å². The molecule has 6 rings (SSSR count). The molecule has 0 spiro atoms. The van der Waals surface area contributed by atoms with Crippen LogP contribution in [-0.4, -0.2) is 6.19 Å². The smallest absolute Gasteiger partial charge is 0.0238 e. The van der Waals surface area contributed by atoms with Gasteiger partial charge in [0.25, 0.3) is 0 Å². The molecule has 0 bridgehead atoms. The molecule has 2 heteroatoms. The minimum absolute atomic E-state index is 0.257. The Hall–Kier alpha value is -2.71. The maximum Gasteiger partial charge on any atom is -0.0238 e. The second kappa shape index (κ2) is 12.0. The zero-order chi connectivity index (χ0) is 24.7. The Morgan fingerprint density at radius 2 is 1.28 bits per heavy atom. The van der Waals surface area contributed by atoms with Crippen LogP contribution in [0.15, 0.2) is 125 Å². The van der Waals surface area contributed by atoms with Gasteiger partial charge in [-0.2, -0.15) is 0 Å². The normalized spacial score (nSPS) is 12.8. The molecule has 0 saturated carbocycles. The summed E-state index contributed by atoms with van der Waals surface area (Å²) in [5, 5.41) is 0. The molecule has 0 saturated heterocycles. The van der Waals surface area contributed by atoms with Gasteiger partial charge >= 0.3 is 139 Å². The van der Waals surface area contributed by atoms with Crippen molar-refractivity contribution in [3.8, 4) is 11.1 Å². The Bertz CT molecular complexity index is 1390. The van der Waals surface area contributed by atoms with Crippen molar-refractivity contribution in [2.75, 3.05) is 0 Å². The Labute approximate surface area is 223 Å². The van der Waals surface area contributed by atoms with E-state index in [1.165, 1.54) is 34.2 Å². The SMILES string of the molecule is C[Si](C)=[Ti]([C]1=CC=CC1)[c]1cccc2c1Cc1ccccc1-2.c1ccc(CCc2ccccc2)cc1. The first-order chi connectivity index (χ1) is 17.7. The van der Waals surface area contributed by atoms with Gasteiger partial charge in [0.15, 0.2) is 0 Å². The van der Waals surface area contributed by atoms with Gasteiger partial charge in [0.2, 0.25) is 0 Å². The molecule has 36 heavy (non-hydrogen) atoms. The average Bonchev–Trinajstić information content (AvgIpc) is 3.58. The van der Waals surface area contributed by atoms with Crippen molar-refractivity contribution in [3.63, 3.8) is 0 Å². The van der Waals surface area contributed by atoms with Crippen LogP contribution in [0.3, 0.4) is 0 Å². The zero-order valence-electron chi connectivity index (χ0n) is 21.4. The number of hydrogen-bond acceptors (Lipinski definition) is 0. The van der Waals surface area contributed by atoms with Crippen molar-refractivity contribution in [1.29, 1.82) is 0 Å². The predicted molar refractivity (Wildman–Crippen MR) is 154 cm³/mol. The van der Waals surface area contributed by atoms with E-state index in [-0.39, 0.29) is 6.19 Å². The third kappa shape index (κ3) is 5.81. The fourth-order valence-electron chi connectivity index (χ4n) is 5.37. The van der Waals surface area contributed by atoms with Crippen LogP contribution in [0.1, 0.15) is 28.7 Å². The number of allylic oxidation sites excluding steroid dienone is 4. The standard InChI is InChI=1S/C14H14.C13H9.C5H5.C2H6Si.Ti/c1-3-7-13(8-4-1)11-12-14-9-5-2-6-10-14;1-3-7-12-10(5-1)9-11-6-2-4-8-13(11)12;1-2-4-5-3-1;1-3-2;/h1-10H,11-12H2;1-5,7-8H,9H2;1-3H,4H2;1-2H3;. The van der Waals surface area contributed by atoms with Crippen molar-refractivity contribution in [2.45, 2.75) is 38.8 Å². The van der Waals surface area contributed by atoms with Crippen LogP contribution in [0.5, 0.6) is 0 Å². The van der Waals surface area contributed by atoms with Crippen LogP contribution >= 0.6 is 0 Å². The quantitative estimate of drug-likeness (QED) is 0.206. The van der Waals surface area contributed by atoms with Gasteiger partial charge in [-0.1, -0.05) is 60.7 Å². The molecule has 4 aromatic rings. The topological polar surface area (TPSA) is 0 Å². The summed E-state index contributed by atoms with van der Waals surface area (Å²) in [5.41, 5.74) is 8.97. The van der Waals surface area contributed by atoms with Crippen molar-refractivity contribution in [3.05, 3.63) is 147 Å². The molecule has 0 unspecified atom stereocenters. The summed E-state index contributed by atoms with van der Waals surface area (Å²) in [6.07, 6.45) is 11.4. The van der Waals surface area contributed by atoms with Crippen LogP contribution in [0.4, 0.5) is 0 Å². The number of hydrogen-bond donors (Lipinski definition) is 0. The van der Waals surface area contributed by atoms with Crippen LogP contribution in [0, 0.1) is 0 Å². The zero-order valence-corrected chi connectivity index (χ0v) is 23.9. The molecule has 0 fully saturated rings. The van der Waals surface area contributed by atoms with Crippen molar-refractivity contribution >= 4 is 10.1 Å². The van der Waals surface area contributed by atoms with E-state index in [4.69, 9.17) is 0 Å². The number of aryl methyl sites for hydroxylation is 2. The van der Waals surface area contributed by atoms with Crippen LogP contribution in [0.2, 0.25) is 13.1 Å². The fraction of sp³-hybridized carbons (Fsp3) is 0.176. The molecule has 0 aliphatic heterocycles. The fourth-order valence-corrected chi connectivity index (χ4v) is 16.5. The van der Waals surface area contributed by atoms with Crippen LogP contribution in [-0.2, 0) is 35.9 Å². The van der Waals surface area contributed by atoms with Crippen LogP contribution in [0.25, 0.3) is 11.1 Å². The summed E-state index contributed by atoms with van der Waals surface area (Å²) in [5.74, 6) is 0. The van der Waals surface area contributed by atoms with Gasteiger partial charge in [0.1, 0.15) is 0 Å². The molecule has 178 valence electrons. The molecule has 4 aromatic carbocycles. The van der Waals surface area contributed by atoms with Gasteiger partial charge in [-0.25, -0.2) is 0 Å². The van der Waals surface area contributed by atoms with Crippen LogP contribution < -0.4 is 3.87 Å². The van der Waals surface area contributed by atoms with E-state index in [0.717, 1.165) is 19.3 Å². The first kappa shape index (κ1) is 25.0. The molecule has 2 aliphatic rings. The van der Waals surface area contributed by atoms with Crippen molar-refractivity contribution in [1.82, 2.24) is 0 Å². The minimum atomic E-state index is -1.32. The summed E-state index contributed by atoms with van der Waals surface area (Å²) in [6, 6.07) is 37.3. The molecule has 0 aromatic heterocycles. The van der Waals surface area contributed by atoms with E-state index < -0.39 is 16.6 Å². The predicted octanol–water partition coefficient (Wildman–Crippen LogP) is 8.07. The van der Waals surface area contributed by atoms with Gasteiger partial charge in [-0.3, -0.25) is 0 Å². The monoisotopic (exact) mass is 518 g/mol. The molecule has 0 atom stereocenters. The van der Waals surface area contributed by atoms with E-state index in [1.54, 1.807) is 13.3 Å². The molecule has 2 aliphatic carbocycles. The van der Waals surface area contributed by atoms with Gasteiger partial charge in [-0.15, -0.1) is 0 Å². The first-order valence-electron chi connectivity index (χ1n) is 13.0. The minimum Gasteiger partial charge on any atom is -0.0622 e. The summed E-state index contributed by atoms with van der Waals surface area (Å²) in [6.45, 7) is 5.06. The third-order valence-corrected chi connectivity index (χ3v) is 18.4. The number of fused-ring (bicyclic) bond motifs is 3. The summed E-state index contributed by atoms with van der Waals surface area (Å²) < 4.78 is 3.53. The van der Waals surface area contributed by atoms with Gasteiger partial charge in [0, 0.05) is 0 Å². The van der Waals surface area contributed by atoms with E-state index in [9.17, 15) is 0 Å². The van der Waals surface area contributed by atoms with Crippen molar-refractivity contribution in [2.24, 2.45) is 0 Å². The summed E-state index contributed by atoms with van der Waals surface area (Å²) in [7, 11) is 0. The van der Waals surface area contributed by atoms with Gasteiger partial charge in [-0.05, 0) is 24.0 Å². The maximum absolute atomic E-state index is 2.53. The third-order valence-electron chi connectivity index (χ3n) is 7.10. The summed E-state index contributed by atoms with van der Waals surface area (Å²) >= 11 is -1.32. The second-order valence-corrected chi connectivity index (χ2v) is 21.6. The van der Waals surface area contributed by atoms with Gasteiger partial charge < -0.3 is 0 Å². The Balaban J connectivity index is 0.000000165. The van der Waals surface area contributed by atoms with E-state index in [1.807, 2.05) is 0 Å². The second-order valence-electron chi connectivity index (χ2n) is 9.84. The Kier molecular flexibility index (Phi) is 8.33. The first-order valence-corrected chi connectivity index (χ1v) is 19.4. The molecule has 0 amide bonds. The van der Waals surface area contributed by atoms with E-state index >= 15 is 0 Å². The largest absolute Gasteiger partial charge is 0.0622 e. The van der Waals surface area contributed by atoms with E-state index in [2.05, 4.69) is 134 Å². The Morgan fingerprint density at radius 1 is 0.667 bits per heavy atom. The maximum atomic E-state index is 2.53.